The van der Waals surface area contributed by atoms with Gasteiger partial charge in [0, 0.05) is 266 Å². The van der Waals surface area contributed by atoms with Crippen molar-refractivity contribution in [2.75, 3.05) is 235 Å². The molecule has 18 heterocycles. The topological polar surface area (TPSA) is 278 Å². The molecule has 23 rings (SSSR count). The van der Waals surface area contributed by atoms with Crippen LogP contribution in [0.25, 0.3) is 83.0 Å². The van der Waals surface area contributed by atoms with Crippen molar-refractivity contribution in [3.05, 3.63) is 239 Å². The van der Waals surface area contributed by atoms with E-state index in [2.05, 4.69) is 115 Å². The summed E-state index contributed by atoms with van der Waals surface area (Å²) < 4.78 is 15.2. The molecule has 0 radical (unpaired) electrons. The highest BCUT2D eigenvalue weighted by molar-refractivity contribution is 6.32. The van der Waals surface area contributed by atoms with Gasteiger partial charge in [0.05, 0.1) is 100 Å². The lowest BCUT2D eigenvalue weighted by Crippen LogP contribution is -2.47. The van der Waals surface area contributed by atoms with Gasteiger partial charge in [-0.3, -0.25) is 44.4 Å². The van der Waals surface area contributed by atoms with E-state index in [1.807, 2.05) is 213 Å². The van der Waals surface area contributed by atoms with E-state index in [0.29, 0.717) is 21.0 Å². The lowest BCUT2D eigenvalue weighted by atomic mass is 9.94. The monoisotopic (exact) mass is 2000 g/mol. The third kappa shape index (κ3) is 25.2. The van der Waals surface area contributed by atoms with Gasteiger partial charge in [0.1, 0.15) is 0 Å². The number of hydrogen-bond donors (Lipinski definition) is 6. The van der Waals surface area contributed by atoms with Gasteiger partial charge in [-0.25, -0.2) is 23.4 Å². The number of hydrogen-bond acceptors (Lipinski definition) is 25. The number of rotatable bonds is 23. The number of piperazine rings is 3. The number of nitrogens with one attached hydrogen (secondary N) is 6. The minimum absolute atomic E-state index is 0.0826. The molecule has 8 aliphatic heterocycles. The Morgan fingerprint density at radius 3 is 1.00 bits per heavy atom. The Kier molecular flexibility index (Phi) is 33.7. The van der Waals surface area contributed by atoms with Gasteiger partial charge in [-0.05, 0) is 241 Å². The van der Waals surface area contributed by atoms with Crippen molar-refractivity contribution in [1.82, 2.24) is 120 Å². The van der Waals surface area contributed by atoms with E-state index in [-0.39, 0.29) is 11.8 Å². The van der Waals surface area contributed by atoms with Crippen molar-refractivity contribution in [1.29, 1.82) is 0 Å². The van der Waals surface area contributed by atoms with Crippen LogP contribution in [0.15, 0.2) is 214 Å². The second-order valence-electron chi connectivity index (χ2n) is 37.7. The minimum atomic E-state index is 0.0826. The Morgan fingerprint density at radius 1 is 0.333 bits per heavy atom. The SMILES string of the molecule is CN1CCN(CCNc2nn(-c3ccc(Cl)cc3)c3cnccc23)CC1.Clc1ccc(-n2nc(N3CCC(CN4CCNCC4)CC3)c3ccncc32)cc1.Clc1ccc(-n2nc(N3CCC(CN4CCOCC4)CC3)c3ccncc32)cc1.Clc1ccc(-n2nc(NCCN3CCNCC3)c3ccncc32)cc1.O=C(NCC1CCNCC1)C1CCN(c2nn(-c3ccc(Cl)cc3)c3cnccc23)CC1. The first-order chi connectivity index (χ1) is 69.3. The summed E-state index contributed by atoms with van der Waals surface area (Å²) in [5, 5.41) is 54.0. The number of likely N-dealkylation sites (N-methyl/N-ethyl adjacent to an activating group) is 1. The molecule has 5 aromatic carbocycles. The molecular weight excluding hydrogens is 1880 g/mol. The number of nitrogens with zero attached hydrogens (tertiary/aromatic N) is 23. The zero-order valence-electron chi connectivity index (χ0n) is 80.1. The molecule has 36 heteroatoms. The van der Waals surface area contributed by atoms with Crippen LogP contribution < -0.4 is 46.6 Å². The molecule has 1 amide bonds. The molecule has 738 valence electrons. The predicted octanol–water partition coefficient (Wildman–Crippen LogP) is 15.3. The number of carbonyl (C=O) groups excluding carboxylic acids is 1. The van der Waals surface area contributed by atoms with E-state index in [1.54, 1.807) is 12.4 Å². The molecule has 31 nitrogen and oxygen atoms in total. The zero-order valence-corrected chi connectivity index (χ0v) is 83.9. The molecule has 10 aromatic heterocycles. The summed E-state index contributed by atoms with van der Waals surface area (Å²) >= 11 is 30.2. The maximum atomic E-state index is 12.7. The molecule has 8 fully saturated rings. The maximum Gasteiger partial charge on any atom is 0.223 e. The van der Waals surface area contributed by atoms with Crippen molar-refractivity contribution in [3.8, 4) is 28.4 Å². The van der Waals surface area contributed by atoms with E-state index in [9.17, 15) is 4.79 Å². The van der Waals surface area contributed by atoms with E-state index in [4.69, 9.17) is 88.2 Å². The van der Waals surface area contributed by atoms with Gasteiger partial charge in [0.15, 0.2) is 29.1 Å². The number of halogens is 5. The first kappa shape index (κ1) is 98.5. The summed E-state index contributed by atoms with van der Waals surface area (Å²) in [5.74, 6) is 7.31. The number of benzene rings is 5. The molecule has 0 spiro atoms. The highest BCUT2D eigenvalue weighted by Gasteiger charge is 2.32. The van der Waals surface area contributed by atoms with Gasteiger partial charge in [0.25, 0.3) is 0 Å². The Labute approximate surface area is 848 Å². The first-order valence-electron chi connectivity index (χ1n) is 50.0. The molecule has 6 N–H and O–H groups in total. The number of aromatic nitrogens is 15. The minimum Gasteiger partial charge on any atom is -0.379 e. The van der Waals surface area contributed by atoms with Crippen molar-refractivity contribution in [2.45, 2.75) is 51.4 Å². The van der Waals surface area contributed by atoms with E-state index in [0.717, 1.165) is 336 Å². The molecular formula is C105H126Cl5N29O2. The van der Waals surface area contributed by atoms with Gasteiger partial charge in [-0.1, -0.05) is 58.0 Å². The number of amides is 1. The highest BCUT2D eigenvalue weighted by Crippen LogP contribution is 2.38. The largest absolute Gasteiger partial charge is 0.379 e. The van der Waals surface area contributed by atoms with Crippen LogP contribution in [0.4, 0.5) is 29.1 Å². The maximum absolute atomic E-state index is 12.7. The third-order valence-corrected chi connectivity index (χ3v) is 29.6. The summed E-state index contributed by atoms with van der Waals surface area (Å²) in [6.45, 7) is 32.4. The highest BCUT2D eigenvalue weighted by atomic mass is 35.5. The van der Waals surface area contributed by atoms with Gasteiger partial charge in [-0.2, -0.15) is 0 Å². The Hall–Kier alpha value is -11.2. The van der Waals surface area contributed by atoms with Gasteiger partial charge in [0.2, 0.25) is 5.91 Å². The van der Waals surface area contributed by atoms with Crippen LogP contribution in [-0.4, -0.2) is 314 Å². The van der Waals surface area contributed by atoms with E-state index >= 15 is 0 Å². The van der Waals surface area contributed by atoms with Crippen molar-refractivity contribution >= 4 is 148 Å². The average molecular weight is 2000 g/mol. The van der Waals surface area contributed by atoms with Gasteiger partial charge < -0.3 is 61.1 Å². The third-order valence-electron chi connectivity index (χ3n) is 28.3. The number of piperidine rings is 4. The van der Waals surface area contributed by atoms with Crippen LogP contribution in [0, 0.1) is 23.7 Å². The normalized spacial score (nSPS) is 17.8. The first-order valence-corrected chi connectivity index (χ1v) is 51.9. The lowest BCUT2D eigenvalue weighted by Gasteiger charge is -2.36. The number of ether oxygens (including phenoxy) is 1. The molecule has 141 heavy (non-hydrogen) atoms. The van der Waals surface area contributed by atoms with Crippen LogP contribution in [0.2, 0.25) is 25.1 Å². The predicted molar refractivity (Wildman–Crippen MR) is 570 cm³/mol. The summed E-state index contributed by atoms with van der Waals surface area (Å²) in [6.07, 6.45) is 27.3. The number of morpholine rings is 1. The fourth-order valence-corrected chi connectivity index (χ4v) is 20.8. The van der Waals surface area contributed by atoms with Crippen LogP contribution in [0.1, 0.15) is 51.4 Å². The van der Waals surface area contributed by atoms with Crippen molar-refractivity contribution in [2.24, 2.45) is 23.7 Å². The van der Waals surface area contributed by atoms with Gasteiger partial charge >= 0.3 is 0 Å². The second kappa shape index (κ2) is 48.2. The van der Waals surface area contributed by atoms with Crippen LogP contribution in [0.3, 0.4) is 0 Å². The van der Waals surface area contributed by atoms with Crippen LogP contribution in [0.5, 0.6) is 0 Å². The van der Waals surface area contributed by atoms with Crippen LogP contribution in [-0.2, 0) is 9.53 Å². The summed E-state index contributed by atoms with van der Waals surface area (Å²) in [7, 11) is 2.18. The molecule has 0 atom stereocenters. The van der Waals surface area contributed by atoms with Gasteiger partial charge in [-0.15, -0.1) is 25.5 Å². The van der Waals surface area contributed by atoms with Crippen molar-refractivity contribution < 1.29 is 9.53 Å². The fraction of sp³-hybridized carbons (Fsp3) is 0.419. The summed E-state index contributed by atoms with van der Waals surface area (Å²) in [5.41, 5.74) is 9.89. The molecule has 0 bridgehead atoms. The standard InChI is InChI=1S/C24H29ClN6O.C22H27ClN6.C22H26ClN5O.C19H23ClN6.C18H21ClN6/c25-19-1-3-20(4-2-19)31-22-16-27-12-7-21(22)23(29-31)30-13-8-18(9-14-30)24(32)28-15-17-5-10-26-11-6-17;23-18-1-3-19(4-2-18)29-21-15-25-8-5-20(21)22(26-29)28-11-6-17(7-12-28)16-27-13-9-24-10-14-27;23-18-1-3-19(4-2-18)28-21-15-24-8-5-20(21)22(25-28)27-9-6-17(7-10-27)16-26-11-13-29-14-12-26;1-24-10-12-25(13-11-24)9-8-22-19-17-6-7-21-14-18(17)26(23-19)16-4-2-15(20)3-5-16;19-14-1-3-15(4-2-14)25-17-13-21-6-5-16(17)18(23-25)22-9-12-24-10-7-20-8-11-24/h1-4,7,12,16-18,26H,5-6,8-11,13-15H2,(H,28,32);1-5,8,15,17,24H,6-7,9-14,16H2;1-5,8,15,17H,6-7,9-14,16H2;2-7,14H,8-13H2,1H3,(H,22,23);1-6,13,20H,7-12H2,(H,22,23). The number of anilines is 5. The van der Waals surface area contributed by atoms with E-state index < -0.39 is 0 Å². The number of carbonyl (C=O) groups is 1. The second-order valence-corrected chi connectivity index (χ2v) is 39.9. The Balaban J connectivity index is 0.000000112. The Morgan fingerprint density at radius 2 is 0.638 bits per heavy atom. The zero-order chi connectivity index (χ0) is 96.2. The quantitative estimate of drug-likeness (QED) is 0.0347. The average Bonchev–Trinajstić information content (AvgIpc) is 1.57. The summed E-state index contributed by atoms with van der Waals surface area (Å²) in [6, 6.07) is 48.8. The number of pyridine rings is 5. The van der Waals surface area contributed by atoms with Crippen LogP contribution >= 0.6 is 58.0 Å². The van der Waals surface area contributed by atoms with Crippen molar-refractivity contribution in [3.63, 3.8) is 0 Å². The Bertz CT molecular complexity index is 6350. The lowest BCUT2D eigenvalue weighted by molar-refractivity contribution is -0.125. The molecule has 8 saturated heterocycles. The smallest absolute Gasteiger partial charge is 0.223 e. The fourth-order valence-electron chi connectivity index (χ4n) is 20.2. The number of fused-ring (bicyclic) bond motifs is 5. The molecule has 0 aliphatic carbocycles. The molecule has 0 saturated carbocycles. The molecule has 0 unspecified atom stereocenters. The molecule has 8 aliphatic rings. The summed E-state index contributed by atoms with van der Waals surface area (Å²) in [4.78, 5) is 53.9. The van der Waals surface area contributed by atoms with E-state index in [1.165, 1.54) is 51.9 Å². The molecule has 15 aromatic rings.